The van der Waals surface area contributed by atoms with Crippen LogP contribution in [0.3, 0.4) is 0 Å². The Morgan fingerprint density at radius 1 is 0.778 bits per heavy atom. The molecule has 0 fully saturated rings. The molecule has 0 heterocycles. The first-order valence-corrected chi connectivity index (χ1v) is 8.48. The summed E-state index contributed by atoms with van der Waals surface area (Å²) in [6.07, 6.45) is -2.48. The van der Waals surface area contributed by atoms with E-state index in [4.69, 9.17) is 20.4 Å². The van der Waals surface area contributed by atoms with Gasteiger partial charge >= 0.3 is 33.7 Å². The van der Waals surface area contributed by atoms with Gasteiger partial charge in [-0.25, -0.2) is 0 Å². The number of hydrogen-bond donors (Lipinski definition) is 4. The first-order chi connectivity index (χ1) is 11.9. The van der Waals surface area contributed by atoms with Crippen molar-refractivity contribution in [1.29, 1.82) is 0 Å². The van der Waals surface area contributed by atoms with Gasteiger partial charge in [0.25, 0.3) is 0 Å². The minimum absolute atomic E-state index is 0. The van der Waals surface area contributed by atoms with Crippen LogP contribution in [0, 0.1) is 25.7 Å². The van der Waals surface area contributed by atoms with E-state index in [1.165, 1.54) is 0 Å². The standard InChI is InChI=1S/2C5H9O3.2C4H10O.Ti/c2*1-3-8-5(7)4(2)6;2*1-4(2)3-5;/h2*4,6H,2-3H2,1H3;2*4-5H,3H2,1-2H3;/q2*-1;;;+2. The average Bonchev–Trinajstić information content (AvgIpc) is 2.56. The minimum Gasteiger partial charge on any atom is -0.466 e. The van der Waals surface area contributed by atoms with E-state index in [1.807, 2.05) is 27.7 Å². The molecule has 0 aliphatic rings. The summed E-state index contributed by atoms with van der Waals surface area (Å²) in [4.78, 5) is 20.4. The zero-order valence-electron chi connectivity index (χ0n) is 17.5. The van der Waals surface area contributed by atoms with Crippen molar-refractivity contribution < 1.29 is 61.2 Å². The molecule has 8 nitrogen and oxygen atoms in total. The molecule has 0 saturated heterocycles. The van der Waals surface area contributed by atoms with Gasteiger partial charge in [0, 0.05) is 25.4 Å². The molecule has 0 aromatic carbocycles. The number of carbonyl (C=O) groups excluding carboxylic acids is 2. The van der Waals surface area contributed by atoms with Gasteiger partial charge in [-0.3, -0.25) is 9.59 Å². The van der Waals surface area contributed by atoms with Gasteiger partial charge in [0.2, 0.25) is 0 Å². The van der Waals surface area contributed by atoms with Crippen molar-refractivity contribution in [2.45, 2.75) is 53.8 Å². The van der Waals surface area contributed by atoms with Crippen molar-refractivity contribution in [2.24, 2.45) is 11.8 Å². The van der Waals surface area contributed by atoms with E-state index in [1.54, 1.807) is 13.8 Å². The third-order valence-corrected chi connectivity index (χ3v) is 1.85. The Labute approximate surface area is 179 Å². The van der Waals surface area contributed by atoms with Crippen LogP contribution in [0.15, 0.2) is 0 Å². The van der Waals surface area contributed by atoms with Crippen molar-refractivity contribution >= 4 is 11.9 Å². The first-order valence-electron chi connectivity index (χ1n) is 8.48. The van der Waals surface area contributed by atoms with Crippen molar-refractivity contribution in [1.82, 2.24) is 0 Å². The van der Waals surface area contributed by atoms with E-state index in [2.05, 4.69) is 23.3 Å². The maximum atomic E-state index is 10.2. The quantitative estimate of drug-likeness (QED) is 0.276. The van der Waals surface area contributed by atoms with E-state index < -0.39 is 24.1 Å². The molecule has 0 saturated carbocycles. The number of carbonyl (C=O) groups is 2. The predicted octanol–water partition coefficient (Wildman–Crippen LogP) is 0.756. The van der Waals surface area contributed by atoms with Crippen molar-refractivity contribution in [3.8, 4) is 0 Å². The molecule has 0 radical (unpaired) electrons. The average molecular weight is 430 g/mol. The summed E-state index contributed by atoms with van der Waals surface area (Å²) in [5.74, 6) is -0.468. The fraction of sp³-hybridized carbons (Fsp3) is 0.778. The van der Waals surface area contributed by atoms with Crippen LogP contribution in [0.4, 0.5) is 0 Å². The molecule has 4 N–H and O–H groups in total. The summed E-state index contributed by atoms with van der Waals surface area (Å²) < 4.78 is 8.70. The van der Waals surface area contributed by atoms with Gasteiger partial charge in [0.15, 0.2) is 0 Å². The van der Waals surface area contributed by atoms with Crippen LogP contribution in [-0.2, 0) is 40.8 Å². The Bertz CT molecular complexity index is 278. The van der Waals surface area contributed by atoms with Gasteiger partial charge in [-0.05, 0) is 25.7 Å². The molecule has 0 rings (SSSR count). The van der Waals surface area contributed by atoms with Gasteiger partial charge in [-0.2, -0.15) is 0 Å². The molecule has 2 atom stereocenters. The molecule has 162 valence electrons. The molecule has 0 aromatic heterocycles. The Hall–Kier alpha value is -0.506. The molecule has 0 bridgehead atoms. The number of rotatable bonds is 6. The topological polar surface area (TPSA) is 134 Å². The van der Waals surface area contributed by atoms with Crippen LogP contribution >= 0.6 is 0 Å². The zero-order valence-corrected chi connectivity index (χ0v) is 19.0. The van der Waals surface area contributed by atoms with E-state index in [0.717, 1.165) is 0 Å². The largest absolute Gasteiger partial charge is 2.00 e. The SMILES string of the molecule is CC(C)CO.CC(C)CO.[CH2-]C(O)C(=O)OCC.[CH2-]C(O)C(=O)OCC.[Ti+2]. The number of esters is 2. The molecule has 0 spiro atoms. The second-order valence-corrected chi connectivity index (χ2v) is 5.69. The summed E-state index contributed by atoms with van der Waals surface area (Å²) in [5, 5.41) is 33.0. The van der Waals surface area contributed by atoms with Crippen molar-refractivity contribution in [3.63, 3.8) is 0 Å². The number of ether oxygens (including phenoxy) is 2. The van der Waals surface area contributed by atoms with Crippen LogP contribution in [0.25, 0.3) is 0 Å². The third kappa shape index (κ3) is 46.0. The van der Waals surface area contributed by atoms with E-state index in [9.17, 15) is 9.59 Å². The van der Waals surface area contributed by atoms with Crippen molar-refractivity contribution in [2.75, 3.05) is 26.4 Å². The maximum absolute atomic E-state index is 10.2. The summed E-state index contributed by atoms with van der Waals surface area (Å²) in [6.45, 7) is 18.5. The van der Waals surface area contributed by atoms with Gasteiger partial charge < -0.3 is 43.7 Å². The second kappa shape index (κ2) is 27.7. The Kier molecular flexibility index (Phi) is 38.3. The molecular formula is C18H38O8Ti. The molecule has 0 aromatic rings. The predicted molar refractivity (Wildman–Crippen MR) is 99.8 cm³/mol. The Balaban J connectivity index is -0.0000000807. The van der Waals surface area contributed by atoms with Crippen LogP contribution in [0.1, 0.15) is 41.5 Å². The number of aliphatic hydroxyl groups excluding tert-OH is 4. The first kappa shape index (κ1) is 37.3. The molecular weight excluding hydrogens is 392 g/mol. The molecule has 9 heteroatoms. The Morgan fingerprint density at radius 3 is 1.00 bits per heavy atom. The maximum Gasteiger partial charge on any atom is 2.00 e. The summed E-state index contributed by atoms with van der Waals surface area (Å²) in [7, 11) is 0. The number of hydrogen-bond acceptors (Lipinski definition) is 8. The minimum atomic E-state index is -1.24. The van der Waals surface area contributed by atoms with Crippen molar-refractivity contribution in [3.05, 3.63) is 13.8 Å². The van der Waals surface area contributed by atoms with Gasteiger partial charge in [0.05, 0.1) is 13.2 Å². The van der Waals surface area contributed by atoms with Crippen LogP contribution in [0.5, 0.6) is 0 Å². The molecule has 2 unspecified atom stereocenters. The van der Waals surface area contributed by atoms with Gasteiger partial charge in [0.1, 0.15) is 0 Å². The molecule has 27 heavy (non-hydrogen) atoms. The van der Waals surface area contributed by atoms with Gasteiger partial charge in [-0.15, -0.1) is 0 Å². The molecule has 0 amide bonds. The summed E-state index contributed by atoms with van der Waals surface area (Å²) in [5.41, 5.74) is 0. The Morgan fingerprint density at radius 2 is 0.963 bits per heavy atom. The van der Waals surface area contributed by atoms with E-state index >= 15 is 0 Å². The van der Waals surface area contributed by atoms with E-state index in [0.29, 0.717) is 25.0 Å². The summed E-state index contributed by atoms with van der Waals surface area (Å²) >= 11 is 0. The normalized spacial score (nSPS) is 11.2. The number of aliphatic hydroxyl groups is 4. The van der Waals surface area contributed by atoms with Crippen LogP contribution < -0.4 is 0 Å². The third-order valence-electron chi connectivity index (χ3n) is 1.85. The van der Waals surface area contributed by atoms with Crippen LogP contribution in [0.2, 0.25) is 0 Å². The smallest absolute Gasteiger partial charge is 0.466 e. The van der Waals surface area contributed by atoms with Gasteiger partial charge in [-0.1, -0.05) is 27.7 Å². The van der Waals surface area contributed by atoms with E-state index in [-0.39, 0.29) is 34.9 Å². The zero-order chi connectivity index (χ0) is 21.7. The van der Waals surface area contributed by atoms with Crippen LogP contribution in [-0.4, -0.2) is 71.0 Å². The summed E-state index contributed by atoms with van der Waals surface area (Å²) in [6, 6.07) is 0. The fourth-order valence-electron chi connectivity index (χ4n) is 0.477. The molecule has 0 aliphatic carbocycles. The molecule has 0 aliphatic heterocycles. The monoisotopic (exact) mass is 430 g/mol. The fourth-order valence-corrected chi connectivity index (χ4v) is 0.477. The second-order valence-electron chi connectivity index (χ2n) is 5.69.